The van der Waals surface area contributed by atoms with E-state index in [0.717, 1.165) is 0 Å². The molecule has 0 bridgehead atoms. The zero-order chi connectivity index (χ0) is 13.9. The first kappa shape index (κ1) is 14.1. The number of sulfonamides is 1. The van der Waals surface area contributed by atoms with Crippen molar-refractivity contribution in [2.75, 3.05) is 6.61 Å². The van der Waals surface area contributed by atoms with Gasteiger partial charge in [-0.25, -0.2) is 8.42 Å². The van der Waals surface area contributed by atoms with Crippen LogP contribution in [-0.4, -0.2) is 20.1 Å². The van der Waals surface area contributed by atoms with Gasteiger partial charge >= 0.3 is 0 Å². The SMILES string of the molecule is O=S(=O)(NC(CO)c1ccco1)c1cccc(Cl)c1. The summed E-state index contributed by atoms with van der Waals surface area (Å²) in [5.74, 6) is 0.341. The van der Waals surface area contributed by atoms with Crippen LogP contribution < -0.4 is 4.72 Å². The average Bonchev–Trinajstić information content (AvgIpc) is 2.90. The zero-order valence-corrected chi connectivity index (χ0v) is 11.4. The second kappa shape index (κ2) is 5.75. The Morgan fingerprint density at radius 1 is 1.32 bits per heavy atom. The first-order valence-electron chi connectivity index (χ1n) is 5.45. The molecule has 1 aromatic carbocycles. The van der Waals surface area contributed by atoms with E-state index in [9.17, 15) is 13.5 Å². The van der Waals surface area contributed by atoms with Gasteiger partial charge in [-0.2, -0.15) is 4.72 Å². The molecular weight excluding hydrogens is 290 g/mol. The van der Waals surface area contributed by atoms with Gasteiger partial charge in [0.05, 0.1) is 17.8 Å². The molecule has 19 heavy (non-hydrogen) atoms. The van der Waals surface area contributed by atoms with Crippen LogP contribution in [0.5, 0.6) is 0 Å². The van der Waals surface area contributed by atoms with Crippen LogP contribution in [0, 0.1) is 0 Å². The topological polar surface area (TPSA) is 79.5 Å². The predicted molar refractivity (Wildman–Crippen MR) is 70.3 cm³/mol. The molecule has 0 aliphatic carbocycles. The van der Waals surface area contributed by atoms with Crippen molar-refractivity contribution >= 4 is 21.6 Å². The van der Waals surface area contributed by atoms with E-state index in [0.29, 0.717) is 10.8 Å². The number of benzene rings is 1. The summed E-state index contributed by atoms with van der Waals surface area (Å²) in [4.78, 5) is 0.0324. The molecule has 0 saturated heterocycles. The molecule has 7 heteroatoms. The van der Waals surface area contributed by atoms with Gasteiger partial charge in [0, 0.05) is 5.02 Å². The van der Waals surface area contributed by atoms with Gasteiger partial charge in [0.1, 0.15) is 11.8 Å². The molecule has 2 aromatic rings. The summed E-state index contributed by atoms with van der Waals surface area (Å²) in [6.07, 6.45) is 1.41. The number of rotatable bonds is 5. The predicted octanol–water partition coefficient (Wildman–Crippen LogP) is 1.94. The lowest BCUT2D eigenvalue weighted by molar-refractivity contribution is 0.242. The Bertz CT molecular complexity index is 640. The second-order valence-corrected chi connectivity index (χ2v) is 5.98. The molecule has 5 nitrogen and oxygen atoms in total. The lowest BCUT2D eigenvalue weighted by Gasteiger charge is -2.14. The van der Waals surface area contributed by atoms with Gasteiger partial charge in [-0.1, -0.05) is 17.7 Å². The van der Waals surface area contributed by atoms with Crippen molar-refractivity contribution in [2.45, 2.75) is 10.9 Å². The standard InChI is InChI=1S/C12H12ClNO4S/c13-9-3-1-4-10(7-9)19(16,17)14-11(8-15)12-5-2-6-18-12/h1-7,11,14-15H,8H2. The van der Waals surface area contributed by atoms with Crippen molar-refractivity contribution in [1.82, 2.24) is 4.72 Å². The highest BCUT2D eigenvalue weighted by atomic mass is 35.5. The molecule has 0 aliphatic rings. The average molecular weight is 302 g/mol. The Kier molecular flexibility index (Phi) is 4.26. The summed E-state index contributed by atoms with van der Waals surface area (Å²) in [6, 6.07) is 8.24. The Labute approximate surface area is 115 Å². The van der Waals surface area contributed by atoms with Gasteiger partial charge in [-0.05, 0) is 30.3 Å². The van der Waals surface area contributed by atoms with Crippen LogP contribution in [0.25, 0.3) is 0 Å². The normalized spacial score (nSPS) is 13.4. The van der Waals surface area contributed by atoms with Gasteiger partial charge < -0.3 is 9.52 Å². The first-order chi connectivity index (χ1) is 9.03. The third-order valence-electron chi connectivity index (χ3n) is 2.47. The number of aliphatic hydroxyl groups is 1. The van der Waals surface area contributed by atoms with Crippen molar-refractivity contribution in [3.8, 4) is 0 Å². The third kappa shape index (κ3) is 3.36. The van der Waals surface area contributed by atoms with E-state index < -0.39 is 22.7 Å². The summed E-state index contributed by atoms with van der Waals surface area (Å²) in [6.45, 7) is -0.409. The first-order valence-corrected chi connectivity index (χ1v) is 7.31. The van der Waals surface area contributed by atoms with Crippen LogP contribution in [-0.2, 0) is 10.0 Å². The summed E-state index contributed by atoms with van der Waals surface area (Å²) < 4.78 is 31.7. The number of halogens is 1. The van der Waals surface area contributed by atoms with E-state index in [2.05, 4.69) is 4.72 Å². The van der Waals surface area contributed by atoms with Crippen LogP contribution in [0.15, 0.2) is 52.0 Å². The van der Waals surface area contributed by atoms with Crippen molar-refractivity contribution < 1.29 is 17.9 Å². The van der Waals surface area contributed by atoms with E-state index in [1.807, 2.05) is 0 Å². The molecule has 2 rings (SSSR count). The molecule has 0 spiro atoms. The third-order valence-corrected chi connectivity index (χ3v) is 4.18. The van der Waals surface area contributed by atoms with Crippen LogP contribution >= 0.6 is 11.6 Å². The number of hydrogen-bond donors (Lipinski definition) is 2. The van der Waals surface area contributed by atoms with E-state index in [1.54, 1.807) is 18.2 Å². The fourth-order valence-corrected chi connectivity index (χ4v) is 3.06. The minimum atomic E-state index is -3.77. The Morgan fingerprint density at radius 3 is 2.68 bits per heavy atom. The second-order valence-electron chi connectivity index (χ2n) is 3.83. The molecule has 1 atom stereocenters. The summed E-state index contributed by atoms with van der Waals surface area (Å²) >= 11 is 5.76. The largest absolute Gasteiger partial charge is 0.468 e. The van der Waals surface area contributed by atoms with Gasteiger partial charge in [-0.3, -0.25) is 0 Å². The molecular formula is C12H12ClNO4S. The minimum absolute atomic E-state index is 0.0324. The molecule has 1 heterocycles. The minimum Gasteiger partial charge on any atom is -0.468 e. The van der Waals surface area contributed by atoms with Crippen LogP contribution in [0.2, 0.25) is 5.02 Å². The van der Waals surface area contributed by atoms with Crippen molar-refractivity contribution in [3.05, 3.63) is 53.4 Å². The van der Waals surface area contributed by atoms with Gasteiger partial charge in [0.25, 0.3) is 0 Å². The lowest BCUT2D eigenvalue weighted by Crippen LogP contribution is -2.30. The summed E-state index contributed by atoms with van der Waals surface area (Å²) in [5, 5.41) is 9.57. The monoisotopic (exact) mass is 301 g/mol. The number of nitrogens with one attached hydrogen (secondary N) is 1. The van der Waals surface area contributed by atoms with E-state index in [-0.39, 0.29) is 4.90 Å². The highest BCUT2D eigenvalue weighted by molar-refractivity contribution is 7.89. The van der Waals surface area contributed by atoms with Gasteiger partial charge in [-0.15, -0.1) is 0 Å². The molecule has 1 unspecified atom stereocenters. The molecule has 1 aromatic heterocycles. The molecule has 2 N–H and O–H groups in total. The molecule has 0 aliphatic heterocycles. The summed E-state index contributed by atoms with van der Waals surface area (Å²) in [5.41, 5.74) is 0. The maximum atomic E-state index is 12.1. The summed E-state index contributed by atoms with van der Waals surface area (Å²) in [7, 11) is -3.77. The van der Waals surface area contributed by atoms with Gasteiger partial charge in [0.15, 0.2) is 0 Å². The fourth-order valence-electron chi connectivity index (χ4n) is 1.56. The van der Waals surface area contributed by atoms with Crippen molar-refractivity contribution in [1.29, 1.82) is 0 Å². The fraction of sp³-hybridized carbons (Fsp3) is 0.167. The van der Waals surface area contributed by atoms with Crippen LogP contribution in [0.4, 0.5) is 0 Å². The number of furan rings is 1. The van der Waals surface area contributed by atoms with Gasteiger partial charge in [0.2, 0.25) is 10.0 Å². The maximum Gasteiger partial charge on any atom is 0.241 e. The van der Waals surface area contributed by atoms with E-state index >= 15 is 0 Å². The van der Waals surface area contributed by atoms with Crippen molar-refractivity contribution in [2.24, 2.45) is 0 Å². The highest BCUT2D eigenvalue weighted by Crippen LogP contribution is 2.19. The van der Waals surface area contributed by atoms with E-state index in [4.69, 9.17) is 16.0 Å². The number of aliphatic hydroxyl groups excluding tert-OH is 1. The maximum absolute atomic E-state index is 12.1. The van der Waals surface area contributed by atoms with E-state index in [1.165, 1.54) is 24.5 Å². The van der Waals surface area contributed by atoms with Crippen LogP contribution in [0.3, 0.4) is 0 Å². The molecule has 0 saturated carbocycles. The molecule has 102 valence electrons. The quantitative estimate of drug-likeness (QED) is 0.884. The number of hydrogen-bond acceptors (Lipinski definition) is 4. The molecule has 0 amide bonds. The van der Waals surface area contributed by atoms with Crippen molar-refractivity contribution in [3.63, 3.8) is 0 Å². The highest BCUT2D eigenvalue weighted by Gasteiger charge is 2.22. The Hall–Kier alpha value is -1.34. The Balaban J connectivity index is 2.26. The molecule has 0 radical (unpaired) electrons. The van der Waals surface area contributed by atoms with Crippen LogP contribution in [0.1, 0.15) is 11.8 Å². The smallest absolute Gasteiger partial charge is 0.241 e. The zero-order valence-electron chi connectivity index (χ0n) is 9.78. The Morgan fingerprint density at radius 2 is 2.11 bits per heavy atom. The lowest BCUT2D eigenvalue weighted by atomic mass is 10.2. The molecule has 0 fully saturated rings.